The molecule has 0 spiro atoms. The molecule has 0 aromatic heterocycles. The van der Waals surface area contributed by atoms with Crippen LogP contribution in [0.5, 0.6) is 5.75 Å². The molecule has 1 aromatic carbocycles. The number of nitrogens with one attached hydrogen (secondary N) is 1. The Morgan fingerprint density at radius 2 is 2.16 bits per heavy atom. The van der Waals surface area contributed by atoms with Crippen molar-refractivity contribution in [3.8, 4) is 5.75 Å². The van der Waals surface area contributed by atoms with E-state index in [1.165, 1.54) is 13.2 Å². The largest absolute Gasteiger partial charge is 0.496 e. The number of carbonyl (C=O) groups is 1. The van der Waals surface area contributed by atoms with Crippen molar-refractivity contribution in [3.05, 3.63) is 29.3 Å². The molecule has 1 atom stereocenters. The average Bonchev–Trinajstić information content (AvgIpc) is 2.33. The Bertz CT molecular complexity index is 482. The van der Waals surface area contributed by atoms with Crippen LogP contribution in [0.3, 0.4) is 0 Å². The first-order valence-corrected chi connectivity index (χ1v) is 5.39. The summed E-state index contributed by atoms with van der Waals surface area (Å²) in [6.45, 7) is 0.892. The predicted octanol–water partition coefficient (Wildman–Crippen LogP) is 2.84. The van der Waals surface area contributed by atoms with Crippen molar-refractivity contribution in [2.24, 2.45) is 0 Å². The van der Waals surface area contributed by atoms with Gasteiger partial charge in [0, 0.05) is 0 Å². The summed E-state index contributed by atoms with van der Waals surface area (Å²) in [5, 5.41) is 2.13. The Kier molecular flexibility index (Phi) is 4.57. The van der Waals surface area contributed by atoms with Gasteiger partial charge in [0.2, 0.25) is 0 Å². The van der Waals surface area contributed by atoms with Gasteiger partial charge in [0.1, 0.15) is 11.8 Å². The van der Waals surface area contributed by atoms with Crippen molar-refractivity contribution in [3.63, 3.8) is 0 Å². The Balaban J connectivity index is 0.00000180. The number of ether oxygens (including phenoxy) is 2. The summed E-state index contributed by atoms with van der Waals surface area (Å²) in [5.41, 5.74) is 1.13. The number of benzene rings is 1. The molecule has 1 aliphatic heterocycles. The smallest absolute Gasteiger partial charge is 0.408 e. The second-order valence-corrected chi connectivity index (χ2v) is 4.14. The third-order valence-corrected chi connectivity index (χ3v) is 2.85. The van der Waals surface area contributed by atoms with Crippen LogP contribution in [0.4, 0.5) is 13.6 Å². The van der Waals surface area contributed by atoms with Crippen molar-refractivity contribution >= 4 is 18.5 Å². The molecule has 0 bridgehead atoms. The third-order valence-electron chi connectivity index (χ3n) is 2.85. The van der Waals surface area contributed by atoms with Crippen LogP contribution in [0, 0.1) is 6.92 Å². The fourth-order valence-corrected chi connectivity index (χ4v) is 1.85. The summed E-state index contributed by atoms with van der Waals surface area (Å²) in [4.78, 5) is 11.1. The monoisotopic (exact) mass is 293 g/mol. The molecule has 1 aliphatic rings. The molecule has 19 heavy (non-hydrogen) atoms. The Morgan fingerprint density at radius 1 is 1.47 bits per heavy atom. The lowest BCUT2D eigenvalue weighted by Gasteiger charge is -2.32. The molecule has 2 rings (SSSR count). The minimum Gasteiger partial charge on any atom is -0.496 e. The molecule has 1 heterocycles. The van der Waals surface area contributed by atoms with E-state index < -0.39 is 24.7 Å². The summed E-state index contributed by atoms with van der Waals surface area (Å²) in [5.74, 6) is -2.64. The van der Waals surface area contributed by atoms with Gasteiger partial charge in [-0.25, -0.2) is 13.6 Å². The molecule has 0 aliphatic carbocycles. The van der Waals surface area contributed by atoms with Crippen LogP contribution in [0.1, 0.15) is 17.2 Å². The van der Waals surface area contributed by atoms with E-state index in [0.717, 1.165) is 5.56 Å². The van der Waals surface area contributed by atoms with Crippen LogP contribution >= 0.6 is 12.4 Å². The van der Waals surface area contributed by atoms with Crippen LogP contribution < -0.4 is 10.1 Å². The van der Waals surface area contributed by atoms with Gasteiger partial charge in [-0.3, -0.25) is 0 Å². The number of hydrogen-bond acceptors (Lipinski definition) is 3. The van der Waals surface area contributed by atoms with E-state index in [0.29, 0.717) is 11.3 Å². The van der Waals surface area contributed by atoms with E-state index in [1.807, 2.05) is 6.92 Å². The Labute approximate surface area is 115 Å². The highest BCUT2D eigenvalue weighted by molar-refractivity contribution is 5.85. The zero-order valence-electron chi connectivity index (χ0n) is 10.4. The van der Waals surface area contributed by atoms with Gasteiger partial charge in [0.15, 0.2) is 6.61 Å². The van der Waals surface area contributed by atoms with Crippen molar-refractivity contribution in [2.45, 2.75) is 18.9 Å². The van der Waals surface area contributed by atoms with Gasteiger partial charge in [-0.2, -0.15) is 0 Å². The van der Waals surface area contributed by atoms with E-state index in [-0.39, 0.29) is 12.4 Å². The first-order valence-electron chi connectivity index (χ1n) is 5.39. The van der Waals surface area contributed by atoms with E-state index in [9.17, 15) is 13.6 Å². The van der Waals surface area contributed by atoms with E-state index in [2.05, 4.69) is 10.1 Å². The summed E-state index contributed by atoms with van der Waals surface area (Å²) in [6, 6.07) is 3.32. The van der Waals surface area contributed by atoms with Crippen LogP contribution in [0.15, 0.2) is 18.2 Å². The number of alkyl halides is 2. The van der Waals surface area contributed by atoms with Crippen LogP contribution in [0.25, 0.3) is 0 Å². The van der Waals surface area contributed by atoms with Gasteiger partial charge in [-0.1, -0.05) is 12.1 Å². The molecule has 1 N–H and O–H groups in total. The van der Waals surface area contributed by atoms with E-state index in [1.54, 1.807) is 12.1 Å². The maximum atomic E-state index is 13.7. The molecule has 7 heteroatoms. The summed E-state index contributed by atoms with van der Waals surface area (Å²) in [7, 11) is 1.47. The molecule has 0 saturated carbocycles. The van der Waals surface area contributed by atoms with Crippen molar-refractivity contribution in [1.82, 2.24) is 5.32 Å². The molecule has 1 saturated heterocycles. The zero-order chi connectivity index (χ0) is 13.3. The van der Waals surface area contributed by atoms with Gasteiger partial charge in [0.25, 0.3) is 0 Å². The lowest BCUT2D eigenvalue weighted by atomic mass is 9.98. The number of aryl methyl sites for hydroxylation is 1. The maximum absolute atomic E-state index is 13.7. The fourth-order valence-electron chi connectivity index (χ4n) is 1.85. The minimum atomic E-state index is -3.14. The molecule has 0 unspecified atom stereocenters. The first-order chi connectivity index (χ1) is 8.44. The van der Waals surface area contributed by atoms with Gasteiger partial charge in [-0.15, -0.1) is 12.4 Å². The Morgan fingerprint density at radius 3 is 2.79 bits per heavy atom. The number of rotatable bonds is 2. The van der Waals surface area contributed by atoms with Gasteiger partial charge in [-0.05, 0) is 24.1 Å². The summed E-state index contributed by atoms with van der Waals surface area (Å²) >= 11 is 0. The quantitative estimate of drug-likeness (QED) is 0.912. The summed E-state index contributed by atoms with van der Waals surface area (Å²) < 4.78 is 36.7. The van der Waals surface area contributed by atoms with Crippen LogP contribution in [0.2, 0.25) is 0 Å². The average molecular weight is 294 g/mol. The molecule has 1 aromatic rings. The molecule has 4 nitrogen and oxygen atoms in total. The molecule has 0 radical (unpaired) electrons. The topological polar surface area (TPSA) is 47.6 Å². The number of halogens is 3. The number of amides is 1. The summed E-state index contributed by atoms with van der Waals surface area (Å²) in [6.07, 6.45) is -0.842. The number of cyclic esters (lactones) is 1. The first kappa shape index (κ1) is 15.5. The van der Waals surface area contributed by atoms with Crippen molar-refractivity contribution < 1.29 is 23.0 Å². The highest BCUT2D eigenvalue weighted by Gasteiger charge is 2.46. The third kappa shape index (κ3) is 3.07. The lowest BCUT2D eigenvalue weighted by molar-refractivity contribution is -0.104. The fraction of sp³-hybridized carbons (Fsp3) is 0.417. The highest BCUT2D eigenvalue weighted by Crippen LogP contribution is 2.36. The van der Waals surface area contributed by atoms with Crippen molar-refractivity contribution in [2.75, 3.05) is 13.7 Å². The second-order valence-electron chi connectivity index (χ2n) is 4.14. The maximum Gasteiger partial charge on any atom is 0.408 e. The Hall–Kier alpha value is -1.56. The van der Waals surface area contributed by atoms with E-state index in [4.69, 9.17) is 4.74 Å². The predicted molar refractivity (Wildman–Crippen MR) is 67.2 cm³/mol. The molecular weight excluding hydrogens is 280 g/mol. The molecule has 1 amide bonds. The SMILES string of the molecule is COc1cc([C@H]2NC(=O)OCC2(F)F)ccc1C.Cl. The standard InChI is InChI=1S/C12H13F2NO3.ClH/c1-7-3-4-8(5-9(7)17-2)10-12(13,14)6-18-11(16)15-10;/h3-5,10H,6H2,1-2H3,(H,15,16);1H/t10-;/m1./s1. The minimum absolute atomic E-state index is 0. The van der Waals surface area contributed by atoms with Crippen LogP contribution in [-0.2, 0) is 4.74 Å². The second kappa shape index (κ2) is 5.61. The van der Waals surface area contributed by atoms with Gasteiger partial charge in [0.05, 0.1) is 7.11 Å². The van der Waals surface area contributed by atoms with Crippen LogP contribution in [-0.4, -0.2) is 25.7 Å². The zero-order valence-corrected chi connectivity index (χ0v) is 11.2. The molecule has 106 valence electrons. The molecule has 1 fully saturated rings. The highest BCUT2D eigenvalue weighted by atomic mass is 35.5. The number of alkyl carbamates (subject to hydrolysis) is 1. The van der Waals surface area contributed by atoms with Gasteiger partial charge >= 0.3 is 12.0 Å². The number of methoxy groups -OCH3 is 1. The normalized spacial score (nSPS) is 20.8. The van der Waals surface area contributed by atoms with Gasteiger partial charge < -0.3 is 14.8 Å². The van der Waals surface area contributed by atoms with E-state index >= 15 is 0 Å². The lowest BCUT2D eigenvalue weighted by Crippen LogP contribution is -2.49. The number of hydrogen-bond donors (Lipinski definition) is 1. The number of carbonyl (C=O) groups excluding carboxylic acids is 1. The van der Waals surface area contributed by atoms with Crippen molar-refractivity contribution in [1.29, 1.82) is 0 Å². The molecular formula is C12H14ClF2NO3.